The predicted octanol–water partition coefficient (Wildman–Crippen LogP) is 3.42. The largest absolute Gasteiger partial charge is 0.495 e. The molecule has 3 rings (SSSR count). The first-order valence-corrected chi connectivity index (χ1v) is 12.2. The van der Waals surface area contributed by atoms with Crippen molar-refractivity contribution in [1.82, 2.24) is 10.0 Å². The van der Waals surface area contributed by atoms with Crippen LogP contribution in [0.25, 0.3) is 0 Å². The minimum absolute atomic E-state index is 0.0492. The molecule has 1 aliphatic carbocycles. The first kappa shape index (κ1) is 23.9. The normalized spacial score (nSPS) is 14.5. The molecule has 1 fully saturated rings. The number of benzene rings is 2. The minimum Gasteiger partial charge on any atom is -0.495 e. The molecule has 1 atom stereocenters. The van der Waals surface area contributed by atoms with Gasteiger partial charge in [0.2, 0.25) is 10.0 Å². The third-order valence-electron chi connectivity index (χ3n) is 5.03. The molecule has 0 spiro atoms. The van der Waals surface area contributed by atoms with Crippen molar-refractivity contribution in [2.45, 2.75) is 50.6 Å². The number of ether oxygens (including phenoxy) is 3. The predicted molar refractivity (Wildman–Crippen MR) is 121 cm³/mol. The van der Waals surface area contributed by atoms with Crippen LogP contribution >= 0.6 is 0 Å². The number of rotatable bonds is 11. The molecule has 8 nitrogen and oxygen atoms in total. The lowest BCUT2D eigenvalue weighted by Crippen LogP contribution is -2.28. The van der Waals surface area contributed by atoms with E-state index in [1.807, 2.05) is 39.0 Å². The van der Waals surface area contributed by atoms with E-state index in [0.29, 0.717) is 24.7 Å². The summed E-state index contributed by atoms with van der Waals surface area (Å²) in [6.45, 7) is 6.64. The number of sulfonamides is 1. The molecule has 9 heteroatoms. The minimum atomic E-state index is -3.78. The van der Waals surface area contributed by atoms with E-state index >= 15 is 0 Å². The second-order valence-electron chi connectivity index (χ2n) is 7.53. The summed E-state index contributed by atoms with van der Waals surface area (Å²) in [5.41, 5.74) is 1.06. The summed E-state index contributed by atoms with van der Waals surface area (Å²) < 4.78 is 44.5. The van der Waals surface area contributed by atoms with Gasteiger partial charge in [-0.25, -0.2) is 13.1 Å². The van der Waals surface area contributed by atoms with Crippen LogP contribution in [0.1, 0.15) is 55.6 Å². The van der Waals surface area contributed by atoms with Gasteiger partial charge >= 0.3 is 0 Å². The first-order valence-electron chi connectivity index (χ1n) is 10.7. The van der Waals surface area contributed by atoms with Crippen molar-refractivity contribution >= 4 is 15.9 Å². The summed E-state index contributed by atoms with van der Waals surface area (Å²) in [4.78, 5) is 12.8. The second kappa shape index (κ2) is 10.2. The molecule has 2 aromatic carbocycles. The van der Waals surface area contributed by atoms with Crippen LogP contribution in [0.15, 0.2) is 41.3 Å². The van der Waals surface area contributed by atoms with Gasteiger partial charge in [0.15, 0.2) is 11.5 Å². The molecule has 1 amide bonds. The van der Waals surface area contributed by atoms with E-state index in [9.17, 15) is 13.2 Å². The third-order valence-corrected chi connectivity index (χ3v) is 6.57. The molecule has 174 valence electrons. The van der Waals surface area contributed by atoms with Gasteiger partial charge in [0.1, 0.15) is 10.6 Å². The maximum atomic E-state index is 12.9. The standard InChI is InChI=1S/C23H30N2O6S/c1-5-30-19-11-7-16(13-21(19)31-6-2)15(3)24-23(26)17-8-12-20(29-4)22(14-17)32(27,28)25-18-9-10-18/h7-8,11-15,18,25H,5-6,9-10H2,1-4H3,(H,24,26). The van der Waals surface area contributed by atoms with Crippen LogP contribution in [0.4, 0.5) is 0 Å². The molecule has 0 aromatic heterocycles. The Bertz CT molecular complexity index is 1070. The summed E-state index contributed by atoms with van der Waals surface area (Å²) in [6, 6.07) is 9.49. The molecule has 0 bridgehead atoms. The Kier molecular flexibility index (Phi) is 7.63. The number of hydrogen-bond donors (Lipinski definition) is 2. The highest BCUT2D eigenvalue weighted by molar-refractivity contribution is 7.89. The number of carbonyl (C=O) groups excluding carboxylic acids is 1. The lowest BCUT2D eigenvalue weighted by molar-refractivity contribution is 0.0939. The molecule has 0 heterocycles. The fourth-order valence-electron chi connectivity index (χ4n) is 3.21. The van der Waals surface area contributed by atoms with E-state index in [4.69, 9.17) is 14.2 Å². The molecular weight excluding hydrogens is 432 g/mol. The first-order chi connectivity index (χ1) is 15.3. The van der Waals surface area contributed by atoms with E-state index in [-0.39, 0.29) is 28.3 Å². The van der Waals surface area contributed by atoms with Crippen LogP contribution in [0.2, 0.25) is 0 Å². The van der Waals surface area contributed by atoms with Crippen molar-refractivity contribution in [2.24, 2.45) is 0 Å². The second-order valence-corrected chi connectivity index (χ2v) is 9.21. The van der Waals surface area contributed by atoms with Gasteiger partial charge in [0.25, 0.3) is 5.91 Å². The molecule has 1 aliphatic rings. The van der Waals surface area contributed by atoms with Crippen LogP contribution in [0, 0.1) is 0 Å². The van der Waals surface area contributed by atoms with Gasteiger partial charge < -0.3 is 19.5 Å². The van der Waals surface area contributed by atoms with Gasteiger partial charge in [-0.15, -0.1) is 0 Å². The number of carbonyl (C=O) groups is 1. The molecule has 2 aromatic rings. The fraction of sp³-hybridized carbons (Fsp3) is 0.435. The Morgan fingerprint density at radius 3 is 2.31 bits per heavy atom. The van der Waals surface area contributed by atoms with Gasteiger partial charge in [-0.05, 0) is 69.5 Å². The van der Waals surface area contributed by atoms with Gasteiger partial charge in [0, 0.05) is 11.6 Å². The zero-order valence-electron chi connectivity index (χ0n) is 18.8. The van der Waals surface area contributed by atoms with E-state index in [1.165, 1.54) is 19.2 Å². The topological polar surface area (TPSA) is 103 Å². The van der Waals surface area contributed by atoms with Gasteiger partial charge in [-0.3, -0.25) is 4.79 Å². The number of amides is 1. The summed E-state index contributed by atoms with van der Waals surface area (Å²) in [7, 11) is -2.39. The highest BCUT2D eigenvalue weighted by Crippen LogP contribution is 2.31. The summed E-state index contributed by atoms with van der Waals surface area (Å²) in [6.07, 6.45) is 1.62. The Morgan fingerprint density at radius 2 is 1.69 bits per heavy atom. The smallest absolute Gasteiger partial charge is 0.251 e. The van der Waals surface area contributed by atoms with Crippen molar-refractivity contribution in [3.63, 3.8) is 0 Å². The van der Waals surface area contributed by atoms with E-state index < -0.39 is 15.9 Å². The quantitative estimate of drug-likeness (QED) is 0.530. The van der Waals surface area contributed by atoms with Crippen molar-refractivity contribution in [3.05, 3.63) is 47.5 Å². The average molecular weight is 463 g/mol. The van der Waals surface area contributed by atoms with Crippen LogP contribution in [-0.4, -0.2) is 40.7 Å². The summed E-state index contributed by atoms with van der Waals surface area (Å²) in [5.74, 6) is 1.05. The molecular formula is C23H30N2O6S. The Balaban J connectivity index is 1.80. The summed E-state index contributed by atoms with van der Waals surface area (Å²) in [5, 5.41) is 2.91. The van der Waals surface area contributed by atoms with Crippen LogP contribution in [-0.2, 0) is 10.0 Å². The maximum Gasteiger partial charge on any atom is 0.251 e. The van der Waals surface area contributed by atoms with E-state index in [1.54, 1.807) is 6.07 Å². The van der Waals surface area contributed by atoms with Crippen LogP contribution in [0.3, 0.4) is 0 Å². The molecule has 1 saturated carbocycles. The van der Waals surface area contributed by atoms with Crippen LogP contribution < -0.4 is 24.2 Å². The van der Waals surface area contributed by atoms with E-state index in [2.05, 4.69) is 10.0 Å². The molecule has 0 aliphatic heterocycles. The Labute approximate surface area is 189 Å². The molecule has 2 N–H and O–H groups in total. The number of methoxy groups -OCH3 is 1. The maximum absolute atomic E-state index is 12.9. The third kappa shape index (κ3) is 5.72. The lowest BCUT2D eigenvalue weighted by atomic mass is 10.1. The fourth-order valence-corrected chi connectivity index (χ4v) is 4.71. The highest BCUT2D eigenvalue weighted by atomic mass is 32.2. The van der Waals surface area contributed by atoms with E-state index in [0.717, 1.165) is 18.4 Å². The van der Waals surface area contributed by atoms with Crippen LogP contribution in [0.5, 0.6) is 17.2 Å². The highest BCUT2D eigenvalue weighted by Gasteiger charge is 2.30. The zero-order chi connectivity index (χ0) is 23.3. The van der Waals surface area contributed by atoms with Crippen molar-refractivity contribution < 1.29 is 27.4 Å². The average Bonchev–Trinajstić information content (AvgIpc) is 3.58. The Morgan fingerprint density at radius 1 is 1.03 bits per heavy atom. The molecule has 32 heavy (non-hydrogen) atoms. The SMILES string of the molecule is CCOc1ccc(C(C)NC(=O)c2ccc(OC)c(S(=O)(=O)NC3CC3)c2)cc1OCC. The monoisotopic (exact) mass is 462 g/mol. The van der Waals surface area contributed by atoms with Crippen molar-refractivity contribution in [2.75, 3.05) is 20.3 Å². The van der Waals surface area contributed by atoms with Gasteiger partial charge in [0.05, 0.1) is 26.4 Å². The van der Waals surface area contributed by atoms with Gasteiger partial charge in [-0.1, -0.05) is 6.07 Å². The van der Waals surface area contributed by atoms with Crippen molar-refractivity contribution in [3.8, 4) is 17.2 Å². The molecule has 1 unspecified atom stereocenters. The van der Waals surface area contributed by atoms with Gasteiger partial charge in [-0.2, -0.15) is 0 Å². The number of nitrogens with one attached hydrogen (secondary N) is 2. The molecule has 0 radical (unpaired) electrons. The number of hydrogen-bond acceptors (Lipinski definition) is 6. The zero-order valence-corrected chi connectivity index (χ0v) is 19.6. The molecule has 0 saturated heterocycles. The summed E-state index contributed by atoms with van der Waals surface area (Å²) >= 11 is 0. The Hall–Kier alpha value is -2.78. The lowest BCUT2D eigenvalue weighted by Gasteiger charge is -2.18. The van der Waals surface area contributed by atoms with Crippen molar-refractivity contribution in [1.29, 1.82) is 0 Å².